The summed E-state index contributed by atoms with van der Waals surface area (Å²) >= 11 is 5.93. The van der Waals surface area contributed by atoms with E-state index in [1.165, 1.54) is 53.8 Å². The zero-order chi connectivity index (χ0) is 22.4. The summed E-state index contributed by atoms with van der Waals surface area (Å²) in [6.45, 7) is 8.85. The van der Waals surface area contributed by atoms with Gasteiger partial charge in [0.1, 0.15) is 0 Å². The van der Waals surface area contributed by atoms with Crippen LogP contribution in [0.1, 0.15) is 77.6 Å². The van der Waals surface area contributed by atoms with Crippen LogP contribution in [0.4, 0.5) is 5.69 Å². The Balaban J connectivity index is 1.66. The van der Waals surface area contributed by atoms with Gasteiger partial charge in [-0.2, -0.15) is 0 Å². The number of aromatic nitrogens is 2. The van der Waals surface area contributed by atoms with E-state index in [1.807, 2.05) is 12.3 Å². The van der Waals surface area contributed by atoms with Crippen molar-refractivity contribution in [3.63, 3.8) is 0 Å². The van der Waals surface area contributed by atoms with Crippen LogP contribution in [0.25, 0.3) is 0 Å². The fraction of sp³-hybridized carbons (Fsp3) is 0.407. The minimum Gasteiger partial charge on any atom is -0.351 e. The Morgan fingerprint density at radius 2 is 1.69 bits per heavy atom. The molecule has 1 aliphatic carbocycles. The number of hydrogen-bond acceptors (Lipinski definition) is 2. The number of anilines is 1. The summed E-state index contributed by atoms with van der Waals surface area (Å²) in [4.78, 5) is 7.03. The van der Waals surface area contributed by atoms with Crippen LogP contribution >= 0.6 is 12.2 Å². The second-order valence-corrected chi connectivity index (χ2v) is 9.86. The molecular weight excluding hydrogens is 412 g/mol. The Hall–Kier alpha value is -2.66. The Morgan fingerprint density at radius 1 is 0.969 bits per heavy atom. The molecule has 0 bridgehead atoms. The Morgan fingerprint density at radius 3 is 2.34 bits per heavy atom. The SMILES string of the molecule is Cc1cc(C)cc(N2C(=S)NC(c3ccccn3)C2c2cc(C)n(C3CCCC3)c2C)c1. The quantitative estimate of drug-likeness (QED) is 0.472. The largest absolute Gasteiger partial charge is 0.351 e. The third-order valence-corrected chi connectivity index (χ3v) is 7.43. The number of nitrogens with zero attached hydrogens (tertiary/aromatic N) is 3. The van der Waals surface area contributed by atoms with E-state index < -0.39 is 0 Å². The Labute approximate surface area is 196 Å². The summed E-state index contributed by atoms with van der Waals surface area (Å²) in [5.41, 5.74) is 8.73. The summed E-state index contributed by atoms with van der Waals surface area (Å²) in [7, 11) is 0. The van der Waals surface area contributed by atoms with Gasteiger partial charge in [-0.05, 0) is 99.8 Å². The summed E-state index contributed by atoms with van der Waals surface area (Å²) in [6, 6.07) is 15.9. The van der Waals surface area contributed by atoms with Crippen LogP contribution in [0.3, 0.4) is 0 Å². The number of rotatable bonds is 4. The van der Waals surface area contributed by atoms with Crippen LogP contribution in [0.5, 0.6) is 0 Å². The molecule has 0 amide bonds. The van der Waals surface area contributed by atoms with E-state index in [1.54, 1.807) is 0 Å². The van der Waals surface area contributed by atoms with E-state index in [0.29, 0.717) is 6.04 Å². The standard InChI is InChI=1S/C27H32N4S/c1-17-13-18(2)15-22(14-17)31-26(25(29-27(31)32)24-11-7-8-12-28-24)23-16-19(3)30(20(23)4)21-9-5-6-10-21/h7-8,11-16,21,25-26H,5-6,9-10H2,1-4H3,(H,29,32). The molecule has 1 N–H and O–H groups in total. The van der Waals surface area contributed by atoms with Crippen LogP contribution in [0.15, 0.2) is 48.7 Å². The van der Waals surface area contributed by atoms with Gasteiger partial charge in [-0.3, -0.25) is 4.98 Å². The maximum absolute atomic E-state index is 5.93. The first-order valence-electron chi connectivity index (χ1n) is 11.7. The van der Waals surface area contributed by atoms with Crippen LogP contribution in [0, 0.1) is 27.7 Å². The lowest BCUT2D eigenvalue weighted by Crippen LogP contribution is -2.29. The van der Waals surface area contributed by atoms with Crippen LogP contribution in [-0.4, -0.2) is 14.7 Å². The molecular formula is C27H32N4S. The summed E-state index contributed by atoms with van der Waals surface area (Å²) in [5.74, 6) is 0. The average molecular weight is 445 g/mol. The highest BCUT2D eigenvalue weighted by molar-refractivity contribution is 7.80. The maximum atomic E-state index is 5.93. The van der Waals surface area contributed by atoms with Crippen molar-refractivity contribution < 1.29 is 0 Å². The van der Waals surface area contributed by atoms with Crippen molar-refractivity contribution in [1.82, 2.24) is 14.9 Å². The lowest BCUT2D eigenvalue weighted by atomic mass is 9.96. The zero-order valence-electron chi connectivity index (χ0n) is 19.4. The van der Waals surface area contributed by atoms with Crippen LogP contribution in [-0.2, 0) is 0 Å². The first-order chi connectivity index (χ1) is 15.4. The minimum absolute atomic E-state index is 0.00189. The van der Waals surface area contributed by atoms with Crippen LogP contribution < -0.4 is 10.2 Å². The van der Waals surface area contributed by atoms with Gasteiger partial charge in [0.15, 0.2) is 5.11 Å². The third kappa shape index (κ3) is 3.62. The normalized spacial score (nSPS) is 21.4. The van der Waals surface area contributed by atoms with E-state index in [4.69, 9.17) is 17.2 Å². The van der Waals surface area contributed by atoms with Gasteiger partial charge in [0.05, 0.1) is 17.8 Å². The Kier molecular flexibility index (Phi) is 5.54. The molecule has 1 aromatic carbocycles. The van der Waals surface area contributed by atoms with Gasteiger partial charge in [0.25, 0.3) is 0 Å². The lowest BCUT2D eigenvalue weighted by molar-refractivity contribution is 0.494. The van der Waals surface area contributed by atoms with Crippen molar-refractivity contribution in [2.45, 2.75) is 71.5 Å². The van der Waals surface area contributed by atoms with Gasteiger partial charge >= 0.3 is 0 Å². The molecule has 5 rings (SSSR count). The van der Waals surface area contributed by atoms with Crippen LogP contribution in [0.2, 0.25) is 0 Å². The van der Waals surface area contributed by atoms with Gasteiger partial charge < -0.3 is 14.8 Å². The molecule has 5 heteroatoms. The first-order valence-corrected chi connectivity index (χ1v) is 12.1. The first kappa shape index (κ1) is 21.2. The second-order valence-electron chi connectivity index (χ2n) is 9.48. The number of aryl methyl sites for hydroxylation is 3. The topological polar surface area (TPSA) is 33.1 Å². The predicted molar refractivity (Wildman–Crippen MR) is 135 cm³/mol. The highest BCUT2D eigenvalue weighted by Gasteiger charge is 2.42. The summed E-state index contributed by atoms with van der Waals surface area (Å²) in [6.07, 6.45) is 7.09. The van der Waals surface area contributed by atoms with Gasteiger partial charge in [-0.15, -0.1) is 0 Å². The molecule has 2 aromatic heterocycles. The summed E-state index contributed by atoms with van der Waals surface area (Å²) in [5, 5.41) is 4.38. The van der Waals surface area contributed by atoms with Crippen molar-refractivity contribution in [3.8, 4) is 0 Å². The number of pyridine rings is 1. The molecule has 166 valence electrons. The van der Waals surface area contributed by atoms with E-state index in [-0.39, 0.29) is 12.1 Å². The smallest absolute Gasteiger partial charge is 0.174 e. The molecule has 2 atom stereocenters. The molecule has 0 radical (unpaired) electrons. The average Bonchev–Trinajstić information content (AvgIpc) is 3.46. The van der Waals surface area contributed by atoms with E-state index in [9.17, 15) is 0 Å². The van der Waals surface area contributed by atoms with E-state index in [2.05, 4.69) is 78.9 Å². The van der Waals surface area contributed by atoms with Crippen molar-refractivity contribution in [2.24, 2.45) is 0 Å². The molecule has 1 saturated carbocycles. The monoisotopic (exact) mass is 444 g/mol. The highest BCUT2D eigenvalue weighted by Crippen LogP contribution is 2.45. The number of thiocarbonyl (C=S) groups is 1. The van der Waals surface area contributed by atoms with E-state index in [0.717, 1.165) is 16.5 Å². The van der Waals surface area contributed by atoms with Gasteiger partial charge in [-0.25, -0.2) is 0 Å². The predicted octanol–water partition coefficient (Wildman–Crippen LogP) is 6.41. The Bertz CT molecular complexity index is 1120. The van der Waals surface area contributed by atoms with Gasteiger partial charge in [-0.1, -0.05) is 25.0 Å². The fourth-order valence-electron chi connectivity index (χ4n) is 5.87. The molecule has 3 heterocycles. The summed E-state index contributed by atoms with van der Waals surface area (Å²) < 4.78 is 2.58. The molecule has 0 spiro atoms. The molecule has 2 fully saturated rings. The molecule has 2 unspecified atom stereocenters. The molecule has 4 nitrogen and oxygen atoms in total. The molecule has 3 aromatic rings. The number of nitrogens with one attached hydrogen (secondary N) is 1. The molecule has 2 aliphatic rings. The van der Waals surface area contributed by atoms with E-state index >= 15 is 0 Å². The number of hydrogen-bond donors (Lipinski definition) is 1. The van der Waals surface area contributed by atoms with Gasteiger partial charge in [0.2, 0.25) is 0 Å². The van der Waals surface area contributed by atoms with Crippen molar-refractivity contribution in [2.75, 3.05) is 4.90 Å². The van der Waals surface area contributed by atoms with Gasteiger partial charge in [0, 0.05) is 29.3 Å². The lowest BCUT2D eigenvalue weighted by Gasteiger charge is -2.29. The highest BCUT2D eigenvalue weighted by atomic mass is 32.1. The number of benzene rings is 1. The zero-order valence-corrected chi connectivity index (χ0v) is 20.2. The van der Waals surface area contributed by atoms with Crippen molar-refractivity contribution in [1.29, 1.82) is 0 Å². The van der Waals surface area contributed by atoms with Crippen molar-refractivity contribution in [3.05, 3.63) is 82.4 Å². The maximum Gasteiger partial charge on any atom is 0.174 e. The third-order valence-electron chi connectivity index (χ3n) is 7.11. The molecule has 32 heavy (non-hydrogen) atoms. The second kappa shape index (κ2) is 8.36. The minimum atomic E-state index is 0.00189. The van der Waals surface area contributed by atoms with Crippen molar-refractivity contribution >= 4 is 23.0 Å². The molecule has 1 saturated heterocycles. The fourth-order valence-corrected chi connectivity index (χ4v) is 6.21. The molecule has 1 aliphatic heterocycles.